The van der Waals surface area contributed by atoms with E-state index < -0.39 is 0 Å². The lowest BCUT2D eigenvalue weighted by atomic mass is 9.99. The Kier molecular flexibility index (Phi) is 12.5. The van der Waals surface area contributed by atoms with Crippen LogP contribution in [0.3, 0.4) is 0 Å². The number of hydrogen-bond acceptors (Lipinski definition) is 8. The van der Waals surface area contributed by atoms with Crippen LogP contribution in [0.4, 0.5) is 0 Å². The molecule has 0 spiro atoms. The summed E-state index contributed by atoms with van der Waals surface area (Å²) in [7, 11) is 0. The highest BCUT2D eigenvalue weighted by Gasteiger charge is 2.32. The Balaban J connectivity index is 0.0000000799. The first kappa shape index (κ1) is 68.3. The van der Waals surface area contributed by atoms with E-state index in [9.17, 15) is 0 Å². The molecule has 0 aliphatic carbocycles. The van der Waals surface area contributed by atoms with Crippen LogP contribution in [0.15, 0.2) is 399 Å². The van der Waals surface area contributed by atoms with Gasteiger partial charge in [-0.25, -0.2) is 0 Å². The zero-order chi connectivity index (χ0) is 85.0. The van der Waals surface area contributed by atoms with Gasteiger partial charge in [0, 0.05) is 162 Å². The summed E-state index contributed by atoms with van der Waals surface area (Å²) in [6, 6.07) is 128. The molecule has 0 fully saturated rings. The van der Waals surface area contributed by atoms with Crippen molar-refractivity contribution in [1.82, 2.24) is 17.6 Å². The molecule has 0 amide bonds. The van der Waals surface area contributed by atoms with Gasteiger partial charge in [0.2, 0.25) is 0 Å². The number of aromatic nitrogens is 4. The predicted octanol–water partition coefficient (Wildman–Crippen LogP) is 34.5. The summed E-state index contributed by atoms with van der Waals surface area (Å²) in [5.74, 6) is 0. The van der Waals surface area contributed by atoms with E-state index in [-0.39, 0.29) is 0 Å². The number of fused-ring (bicyclic) bond motifs is 56. The molecule has 0 radical (unpaired) electrons. The summed E-state index contributed by atoms with van der Waals surface area (Å²) in [4.78, 5) is 0. The van der Waals surface area contributed by atoms with Crippen LogP contribution in [0, 0.1) is 0 Å². The smallest absolute Gasteiger partial charge is 0.145 e. The Morgan fingerprint density at radius 1 is 0.114 bits per heavy atom. The largest absolute Gasteiger partial charge is 0.456 e. The number of para-hydroxylation sites is 12. The molecule has 0 saturated heterocycles. The molecule has 132 heavy (non-hydrogen) atoms. The van der Waals surface area contributed by atoms with Crippen molar-refractivity contribution in [2.24, 2.45) is 0 Å². The quantitative estimate of drug-likeness (QED) is 0.147. The van der Waals surface area contributed by atoms with E-state index in [1.165, 1.54) is 179 Å². The molecule has 36 aromatic rings. The first-order valence-corrected chi connectivity index (χ1v) is 44.8. The van der Waals surface area contributed by atoms with Gasteiger partial charge in [-0.2, -0.15) is 0 Å². The fraction of sp³-hybridized carbons (Fsp3) is 0. The molecule has 20 aromatic carbocycles. The van der Waals surface area contributed by atoms with Crippen molar-refractivity contribution in [3.63, 3.8) is 0 Å². The number of rotatable bonds is 0. The average Bonchev–Trinajstić information content (AvgIpc) is 1.53. The van der Waals surface area contributed by atoms with Crippen molar-refractivity contribution in [2.45, 2.75) is 0 Å². The maximum atomic E-state index is 6.56. The third-order valence-electron chi connectivity index (χ3n) is 29.2. The Bertz CT molecular complexity index is 11500. The maximum absolute atomic E-state index is 6.56. The Morgan fingerprint density at radius 3 is 0.765 bits per heavy atom. The van der Waals surface area contributed by atoms with Crippen molar-refractivity contribution < 1.29 is 35.3 Å². The van der Waals surface area contributed by atoms with Gasteiger partial charge >= 0.3 is 0 Å². The Hall–Kier alpha value is -18.0. The summed E-state index contributed by atoms with van der Waals surface area (Å²) in [5.41, 5.74) is 29.4. The molecule has 0 bridgehead atoms. The lowest BCUT2D eigenvalue weighted by molar-refractivity contribution is 0.669. The van der Waals surface area contributed by atoms with Gasteiger partial charge in [0.1, 0.15) is 89.3 Å². The van der Waals surface area contributed by atoms with Crippen molar-refractivity contribution in [3.8, 4) is 0 Å². The third-order valence-corrected chi connectivity index (χ3v) is 29.2. The van der Waals surface area contributed by atoms with E-state index in [0.717, 1.165) is 149 Å². The minimum atomic E-state index is 0.909. The van der Waals surface area contributed by atoms with Crippen LogP contribution in [-0.4, -0.2) is 17.6 Å². The summed E-state index contributed by atoms with van der Waals surface area (Å²) in [5, 5.41) is 38.3. The zero-order valence-electron chi connectivity index (χ0n) is 69.7. The lowest BCUT2D eigenvalue weighted by Gasteiger charge is -2.00. The zero-order valence-corrected chi connectivity index (χ0v) is 69.7. The second-order valence-corrected chi connectivity index (χ2v) is 35.6. The molecular weight excluding hydrogens is 1630 g/mol. The maximum Gasteiger partial charge on any atom is 0.145 e. The summed E-state index contributed by atoms with van der Waals surface area (Å²) < 4.78 is 60.6. The second-order valence-electron chi connectivity index (χ2n) is 35.6. The number of benzene rings is 20. The molecule has 16 aromatic heterocycles. The Morgan fingerprint density at radius 2 is 0.356 bits per heavy atom. The monoisotopic (exact) mass is 1680 g/mol. The molecule has 0 aliphatic heterocycles. The molecule has 0 atom stereocenters. The SMILES string of the molecule is c1ccc2c(c1)oc1c2cc2c3c4c(ccc3n3c5ccccc5c1c23)oc1ccccc14.c1ccc2c(c1)oc1c2cc2c3ccccc3n3c4ccc5oc6ccccc6c5c4c1c23.c1ccc2c(c1)oc1ccc3c(c12)c1c2c(cc4c5ccccc5n3c41)oc1ccccc12.c1ccc2c(c1)oc1ccc3c(c4cc5oc6ccccc6c5c5c6ccccc6n3c45)c12. The molecule has 0 unspecified atom stereocenters. The molecule has 608 valence electrons. The number of furan rings is 8. The summed E-state index contributed by atoms with van der Waals surface area (Å²) >= 11 is 0. The van der Waals surface area contributed by atoms with Gasteiger partial charge in [0.05, 0.1) is 77.0 Å². The molecule has 16 heterocycles. The number of nitrogens with zero attached hydrogens (tertiary/aromatic N) is 4. The molecule has 0 saturated carbocycles. The van der Waals surface area contributed by atoms with Gasteiger partial charge < -0.3 is 52.9 Å². The van der Waals surface area contributed by atoms with E-state index >= 15 is 0 Å². The van der Waals surface area contributed by atoms with Crippen LogP contribution in [0.25, 0.3) is 328 Å². The van der Waals surface area contributed by atoms with E-state index in [4.69, 9.17) is 35.3 Å². The fourth-order valence-corrected chi connectivity index (χ4v) is 24.2. The predicted molar refractivity (Wildman–Crippen MR) is 543 cm³/mol. The van der Waals surface area contributed by atoms with E-state index in [0.29, 0.717) is 0 Å². The van der Waals surface area contributed by atoms with Crippen molar-refractivity contribution >= 4 is 328 Å². The van der Waals surface area contributed by atoms with Crippen LogP contribution >= 0.6 is 0 Å². The van der Waals surface area contributed by atoms with Gasteiger partial charge in [-0.05, 0) is 146 Å². The van der Waals surface area contributed by atoms with E-state index in [2.05, 4.69) is 321 Å². The lowest BCUT2D eigenvalue weighted by Crippen LogP contribution is -1.79. The van der Waals surface area contributed by atoms with Crippen LogP contribution in [-0.2, 0) is 0 Å². The van der Waals surface area contributed by atoms with E-state index in [1.807, 2.05) is 60.7 Å². The van der Waals surface area contributed by atoms with Gasteiger partial charge in [0.25, 0.3) is 0 Å². The summed E-state index contributed by atoms with van der Waals surface area (Å²) in [6.45, 7) is 0. The minimum Gasteiger partial charge on any atom is -0.456 e. The topological polar surface area (TPSA) is 123 Å². The third kappa shape index (κ3) is 8.37. The van der Waals surface area contributed by atoms with Crippen LogP contribution in [0.2, 0.25) is 0 Å². The average molecular weight is 1690 g/mol. The van der Waals surface area contributed by atoms with Gasteiger partial charge in [-0.3, -0.25) is 0 Å². The fourth-order valence-electron chi connectivity index (χ4n) is 24.2. The molecule has 12 nitrogen and oxygen atoms in total. The Labute approximate surface area is 739 Å². The van der Waals surface area contributed by atoms with Gasteiger partial charge in [-0.1, -0.05) is 218 Å². The van der Waals surface area contributed by atoms with Crippen molar-refractivity contribution in [1.29, 1.82) is 0 Å². The molecule has 36 rings (SSSR count). The molecule has 0 N–H and O–H groups in total. The second kappa shape index (κ2) is 24.2. The number of hydrogen-bond donors (Lipinski definition) is 0. The normalized spacial score (nSPS) is 12.8. The van der Waals surface area contributed by atoms with Crippen molar-refractivity contribution in [3.05, 3.63) is 364 Å². The first-order chi connectivity index (χ1) is 65.5. The molecule has 0 aliphatic rings. The standard InChI is InChI=1S/4C30H15NO2/c1-4-10-21-17(8-1)28-29-20(15-19-16-7-2-5-11-23(16)33-30(19)28)26-22(31(21)29)13-14-25-27(26)18-9-3-6-12-24(18)32-25;1-4-10-20-16(7-1)29-28-18-9-3-6-12-23(18)33-25(28)15-19-26-21(31(20)30(19)29)13-14-24-27(26)17-8-2-5-11-22(17)32-24;1-4-10-21-16(7-1)19-15-20-17-8-2-5-11-23(17)33-30(20)28-27-22(31(21)29(19)28)13-14-25-26(27)18-9-3-6-12-24(18)32-25;1-4-10-20-16(7-1)19-15-25-27(18-9-3-6-12-23(18)33-25)29-28-21(31(20)30(19)29)13-14-24-26(28)17-8-2-5-11-22(17)32-24/h4*1-15H. The van der Waals surface area contributed by atoms with E-state index in [1.54, 1.807) is 0 Å². The van der Waals surface area contributed by atoms with Crippen LogP contribution in [0.1, 0.15) is 0 Å². The van der Waals surface area contributed by atoms with Gasteiger partial charge in [0.15, 0.2) is 0 Å². The van der Waals surface area contributed by atoms with Gasteiger partial charge in [-0.15, -0.1) is 0 Å². The minimum absolute atomic E-state index is 0.909. The van der Waals surface area contributed by atoms with Crippen LogP contribution < -0.4 is 0 Å². The highest BCUT2D eigenvalue weighted by atomic mass is 16.4. The van der Waals surface area contributed by atoms with Crippen LogP contribution in [0.5, 0.6) is 0 Å². The van der Waals surface area contributed by atoms with Crippen molar-refractivity contribution in [2.75, 3.05) is 0 Å². The molecule has 12 heteroatoms. The highest BCUT2D eigenvalue weighted by Crippen LogP contribution is 2.56. The summed E-state index contributed by atoms with van der Waals surface area (Å²) in [6.07, 6.45) is 0. The molecular formula is C120H60N4O8. The highest BCUT2D eigenvalue weighted by molar-refractivity contribution is 6.44. The first-order valence-electron chi connectivity index (χ1n) is 44.8.